The molecule has 1 aliphatic heterocycles. The van der Waals surface area contributed by atoms with Crippen LogP contribution in [0.4, 0.5) is 0 Å². The minimum atomic E-state index is 0.224. The summed E-state index contributed by atoms with van der Waals surface area (Å²) in [4.78, 5) is 13.6. The first-order valence-corrected chi connectivity index (χ1v) is 4.95. The van der Waals surface area contributed by atoms with Crippen molar-refractivity contribution < 1.29 is 4.79 Å². The zero-order valence-corrected chi connectivity index (χ0v) is 8.18. The van der Waals surface area contributed by atoms with Crippen LogP contribution in [-0.4, -0.2) is 30.3 Å². The number of hydrogen-bond acceptors (Lipinski definition) is 2. The molecule has 0 radical (unpaired) electrons. The van der Waals surface area contributed by atoms with Crippen LogP contribution in [0.25, 0.3) is 0 Å². The summed E-state index contributed by atoms with van der Waals surface area (Å²) in [6, 6.07) is 0. The van der Waals surface area contributed by atoms with Crippen molar-refractivity contribution in [2.24, 2.45) is 5.92 Å². The van der Waals surface area contributed by atoms with Crippen LogP contribution in [-0.2, 0) is 4.79 Å². The number of carbonyl (C=O) groups excluding carboxylic acids is 1. The summed E-state index contributed by atoms with van der Waals surface area (Å²) in [6.45, 7) is 7.57. The summed E-state index contributed by atoms with van der Waals surface area (Å²) < 4.78 is 0. The summed E-state index contributed by atoms with van der Waals surface area (Å²) in [6.07, 6.45) is 3.17. The van der Waals surface area contributed by atoms with Crippen LogP contribution in [0.2, 0.25) is 0 Å². The van der Waals surface area contributed by atoms with E-state index in [1.807, 2.05) is 13.8 Å². The van der Waals surface area contributed by atoms with Crippen molar-refractivity contribution in [1.82, 2.24) is 4.90 Å². The minimum absolute atomic E-state index is 0.224. The molecule has 1 heterocycles. The normalized spacial score (nSPS) is 17.9. The molecule has 0 aliphatic carbocycles. The molecule has 70 valence electrons. The van der Waals surface area contributed by atoms with Gasteiger partial charge in [-0.2, -0.15) is 0 Å². The molecule has 1 fully saturated rings. The van der Waals surface area contributed by atoms with E-state index in [2.05, 4.69) is 4.90 Å². The highest BCUT2D eigenvalue weighted by atomic mass is 16.1. The number of hydrogen-bond donors (Lipinski definition) is 0. The fraction of sp³-hybridized carbons (Fsp3) is 0.900. The van der Waals surface area contributed by atoms with E-state index in [0.29, 0.717) is 5.78 Å². The molecule has 1 saturated heterocycles. The Morgan fingerprint density at radius 1 is 1.42 bits per heavy atom. The second-order valence-electron chi connectivity index (χ2n) is 3.92. The van der Waals surface area contributed by atoms with Crippen molar-refractivity contribution >= 4 is 5.78 Å². The smallest absolute Gasteiger partial charge is 0.135 e. The van der Waals surface area contributed by atoms with E-state index < -0.39 is 0 Å². The minimum Gasteiger partial charge on any atom is -0.303 e. The monoisotopic (exact) mass is 169 g/mol. The van der Waals surface area contributed by atoms with E-state index in [1.54, 1.807) is 0 Å². The maximum atomic E-state index is 11.2. The number of rotatable bonds is 5. The van der Waals surface area contributed by atoms with Crippen LogP contribution in [0.1, 0.15) is 33.1 Å². The van der Waals surface area contributed by atoms with Crippen LogP contribution in [0, 0.1) is 5.92 Å². The van der Waals surface area contributed by atoms with Gasteiger partial charge in [0.15, 0.2) is 0 Å². The third kappa shape index (κ3) is 2.94. The summed E-state index contributed by atoms with van der Waals surface area (Å²) in [5.74, 6) is 0.636. The lowest BCUT2D eigenvalue weighted by molar-refractivity contribution is -0.122. The number of carbonyl (C=O) groups is 1. The van der Waals surface area contributed by atoms with Gasteiger partial charge in [-0.25, -0.2) is 0 Å². The lowest BCUT2D eigenvalue weighted by atomic mass is 10.0. The van der Waals surface area contributed by atoms with Crippen LogP contribution in [0.3, 0.4) is 0 Å². The molecule has 0 aromatic rings. The van der Waals surface area contributed by atoms with Crippen molar-refractivity contribution in [3.05, 3.63) is 0 Å². The Morgan fingerprint density at radius 3 is 2.50 bits per heavy atom. The Morgan fingerprint density at radius 2 is 2.08 bits per heavy atom. The Labute approximate surface area is 74.9 Å². The Kier molecular flexibility index (Phi) is 3.73. The van der Waals surface area contributed by atoms with Crippen LogP contribution in [0.15, 0.2) is 0 Å². The lowest BCUT2D eigenvalue weighted by Gasteiger charge is -2.30. The summed E-state index contributed by atoms with van der Waals surface area (Å²) in [7, 11) is 0. The van der Waals surface area contributed by atoms with Crippen LogP contribution < -0.4 is 0 Å². The molecule has 0 unspecified atom stereocenters. The van der Waals surface area contributed by atoms with E-state index in [-0.39, 0.29) is 5.92 Å². The quantitative estimate of drug-likeness (QED) is 0.624. The van der Waals surface area contributed by atoms with E-state index in [9.17, 15) is 4.79 Å². The molecule has 12 heavy (non-hydrogen) atoms. The van der Waals surface area contributed by atoms with Crippen molar-refractivity contribution in [2.45, 2.75) is 33.1 Å². The molecule has 0 amide bonds. The van der Waals surface area contributed by atoms with E-state index >= 15 is 0 Å². The van der Waals surface area contributed by atoms with E-state index in [1.165, 1.54) is 19.5 Å². The molecule has 1 rings (SSSR count). The van der Waals surface area contributed by atoms with Gasteiger partial charge in [0.2, 0.25) is 0 Å². The van der Waals surface area contributed by atoms with E-state index in [4.69, 9.17) is 0 Å². The second-order valence-corrected chi connectivity index (χ2v) is 3.92. The maximum absolute atomic E-state index is 11.2. The van der Waals surface area contributed by atoms with Gasteiger partial charge in [-0.05, 0) is 32.5 Å². The van der Waals surface area contributed by atoms with Crippen molar-refractivity contribution in [2.75, 3.05) is 19.6 Å². The first kappa shape index (κ1) is 9.72. The summed E-state index contributed by atoms with van der Waals surface area (Å²) >= 11 is 0. The SMILES string of the molecule is CC(C)C(=O)CCCN1CCC1. The maximum Gasteiger partial charge on any atom is 0.135 e. The molecule has 0 aromatic carbocycles. The number of likely N-dealkylation sites (tertiary alicyclic amines) is 1. The van der Waals surface area contributed by atoms with Gasteiger partial charge in [-0.1, -0.05) is 13.8 Å². The van der Waals surface area contributed by atoms with Gasteiger partial charge in [0.25, 0.3) is 0 Å². The van der Waals surface area contributed by atoms with Crippen molar-refractivity contribution in [3.8, 4) is 0 Å². The third-order valence-corrected chi connectivity index (χ3v) is 2.49. The molecule has 0 atom stereocenters. The average molecular weight is 169 g/mol. The Hall–Kier alpha value is -0.370. The fourth-order valence-electron chi connectivity index (χ4n) is 1.37. The van der Waals surface area contributed by atoms with Gasteiger partial charge in [-0.15, -0.1) is 0 Å². The third-order valence-electron chi connectivity index (χ3n) is 2.49. The van der Waals surface area contributed by atoms with Gasteiger partial charge in [0.05, 0.1) is 0 Å². The topological polar surface area (TPSA) is 20.3 Å². The molecule has 2 nitrogen and oxygen atoms in total. The first-order chi connectivity index (χ1) is 5.70. The highest BCUT2D eigenvalue weighted by Gasteiger charge is 2.13. The number of ketones is 1. The largest absolute Gasteiger partial charge is 0.303 e. The predicted molar refractivity (Wildman–Crippen MR) is 50.1 cm³/mol. The molecular formula is C10H19NO. The molecule has 1 aliphatic rings. The highest BCUT2D eigenvalue weighted by Crippen LogP contribution is 2.08. The summed E-state index contributed by atoms with van der Waals surface area (Å²) in [5.41, 5.74) is 0. The average Bonchev–Trinajstić information content (AvgIpc) is 1.93. The summed E-state index contributed by atoms with van der Waals surface area (Å²) in [5, 5.41) is 0. The zero-order valence-electron chi connectivity index (χ0n) is 8.18. The number of Topliss-reactive ketones (excluding diaryl/α,β-unsaturated/α-hetero) is 1. The Balaban J connectivity index is 1.97. The standard InChI is InChI=1S/C10H19NO/c1-9(2)10(12)5-3-6-11-7-4-8-11/h9H,3-8H2,1-2H3. The molecule has 0 aromatic heterocycles. The van der Waals surface area contributed by atoms with Crippen LogP contribution >= 0.6 is 0 Å². The number of nitrogens with zero attached hydrogens (tertiary/aromatic N) is 1. The molecule has 0 N–H and O–H groups in total. The van der Waals surface area contributed by atoms with Gasteiger partial charge >= 0.3 is 0 Å². The van der Waals surface area contributed by atoms with Crippen molar-refractivity contribution in [1.29, 1.82) is 0 Å². The molecule has 0 saturated carbocycles. The zero-order chi connectivity index (χ0) is 8.97. The van der Waals surface area contributed by atoms with Gasteiger partial charge in [-0.3, -0.25) is 4.79 Å². The van der Waals surface area contributed by atoms with Crippen LogP contribution in [0.5, 0.6) is 0 Å². The molecule has 2 heteroatoms. The lowest BCUT2D eigenvalue weighted by Crippen LogP contribution is -2.37. The van der Waals surface area contributed by atoms with Crippen molar-refractivity contribution in [3.63, 3.8) is 0 Å². The van der Waals surface area contributed by atoms with Gasteiger partial charge < -0.3 is 4.90 Å². The first-order valence-electron chi connectivity index (χ1n) is 4.95. The molecular weight excluding hydrogens is 150 g/mol. The van der Waals surface area contributed by atoms with E-state index in [0.717, 1.165) is 19.4 Å². The fourth-order valence-corrected chi connectivity index (χ4v) is 1.37. The molecule has 0 spiro atoms. The highest BCUT2D eigenvalue weighted by molar-refractivity contribution is 5.80. The molecule has 0 bridgehead atoms. The predicted octanol–water partition coefficient (Wildman–Crippen LogP) is 1.70. The van der Waals surface area contributed by atoms with Gasteiger partial charge in [0, 0.05) is 12.3 Å². The van der Waals surface area contributed by atoms with Gasteiger partial charge in [0.1, 0.15) is 5.78 Å². The Bertz CT molecular complexity index is 150. The second kappa shape index (κ2) is 4.61.